The molecule has 32 heavy (non-hydrogen) atoms. The van der Waals surface area contributed by atoms with Crippen LogP contribution in [0.3, 0.4) is 0 Å². The molecule has 0 bridgehead atoms. The number of aromatic nitrogens is 1. The van der Waals surface area contributed by atoms with Crippen LogP contribution in [-0.2, 0) is 11.3 Å². The van der Waals surface area contributed by atoms with Crippen LogP contribution in [0.5, 0.6) is 0 Å². The molecule has 1 aromatic heterocycles. The van der Waals surface area contributed by atoms with Crippen LogP contribution in [0.25, 0.3) is 11.8 Å². The summed E-state index contributed by atoms with van der Waals surface area (Å²) in [7, 11) is 0. The predicted octanol–water partition coefficient (Wildman–Crippen LogP) is 5.79. The van der Waals surface area contributed by atoms with Crippen LogP contribution in [0.1, 0.15) is 32.9 Å². The van der Waals surface area contributed by atoms with E-state index in [1.54, 1.807) is 30.3 Å². The Morgan fingerprint density at radius 2 is 1.81 bits per heavy atom. The molecule has 0 atom stereocenters. The highest BCUT2D eigenvalue weighted by Gasteiger charge is 2.35. The second kappa shape index (κ2) is 8.80. The van der Waals surface area contributed by atoms with Gasteiger partial charge in [0.15, 0.2) is 0 Å². The van der Waals surface area contributed by atoms with Gasteiger partial charge in [0.2, 0.25) is 0 Å². The zero-order valence-electron chi connectivity index (χ0n) is 17.3. The first-order chi connectivity index (χ1) is 15.2. The molecule has 0 saturated carbocycles. The molecule has 2 amide bonds. The Hall–Kier alpha value is -3.10. The maximum absolute atomic E-state index is 12.9. The quantitative estimate of drug-likeness (QED) is 0.439. The number of halogens is 1. The van der Waals surface area contributed by atoms with Crippen molar-refractivity contribution in [1.29, 1.82) is 0 Å². The number of amides is 2. The maximum Gasteiger partial charge on any atom is 0.335 e. The third kappa shape index (κ3) is 4.28. The van der Waals surface area contributed by atoms with Gasteiger partial charge in [-0.1, -0.05) is 28.1 Å². The van der Waals surface area contributed by atoms with Crippen molar-refractivity contribution in [2.45, 2.75) is 20.4 Å². The van der Waals surface area contributed by atoms with E-state index in [0.29, 0.717) is 4.91 Å². The molecule has 0 unspecified atom stereocenters. The number of benzene rings is 2. The Bertz CT molecular complexity index is 1280. The van der Waals surface area contributed by atoms with Crippen LogP contribution >= 0.6 is 27.7 Å². The van der Waals surface area contributed by atoms with E-state index < -0.39 is 5.97 Å². The van der Waals surface area contributed by atoms with E-state index in [1.165, 1.54) is 4.90 Å². The van der Waals surface area contributed by atoms with Crippen molar-refractivity contribution in [2.75, 3.05) is 0 Å². The van der Waals surface area contributed by atoms with Gasteiger partial charge in [0, 0.05) is 21.5 Å². The highest BCUT2D eigenvalue weighted by atomic mass is 79.9. The van der Waals surface area contributed by atoms with E-state index in [4.69, 9.17) is 5.11 Å². The first kappa shape index (κ1) is 22.1. The van der Waals surface area contributed by atoms with E-state index in [0.717, 1.165) is 44.4 Å². The van der Waals surface area contributed by atoms with Crippen LogP contribution < -0.4 is 0 Å². The fraction of sp³-hybridized carbons (Fsp3) is 0.125. The predicted molar refractivity (Wildman–Crippen MR) is 128 cm³/mol. The number of carboxylic acids is 1. The standard InChI is InChI=1S/C24H19BrN2O4S/c1-14-10-18(15(2)27(14)20-8-6-17(7-9-20)23(29)30)12-21-22(28)26(24(31)32-21)13-16-4-3-5-19(25)11-16/h3-12H,13H2,1-2H3,(H,29,30)/b21-12+. The molecule has 2 heterocycles. The fourth-order valence-electron chi connectivity index (χ4n) is 3.68. The molecule has 8 heteroatoms. The summed E-state index contributed by atoms with van der Waals surface area (Å²) >= 11 is 4.35. The summed E-state index contributed by atoms with van der Waals surface area (Å²) in [6.45, 7) is 4.08. The van der Waals surface area contributed by atoms with Gasteiger partial charge < -0.3 is 9.67 Å². The summed E-state index contributed by atoms with van der Waals surface area (Å²) in [4.78, 5) is 38.2. The topological polar surface area (TPSA) is 79.6 Å². The molecule has 1 aliphatic rings. The van der Waals surface area contributed by atoms with Gasteiger partial charge in [0.05, 0.1) is 17.0 Å². The van der Waals surface area contributed by atoms with Crippen molar-refractivity contribution in [2.24, 2.45) is 0 Å². The van der Waals surface area contributed by atoms with E-state index in [1.807, 2.05) is 48.7 Å². The van der Waals surface area contributed by atoms with Crippen LogP contribution in [-0.4, -0.2) is 31.7 Å². The van der Waals surface area contributed by atoms with Gasteiger partial charge in [-0.15, -0.1) is 0 Å². The number of hydrogen-bond acceptors (Lipinski definition) is 4. The average molecular weight is 511 g/mol. The van der Waals surface area contributed by atoms with Crippen molar-refractivity contribution >= 4 is 50.9 Å². The lowest BCUT2D eigenvalue weighted by atomic mass is 10.2. The lowest BCUT2D eigenvalue weighted by Gasteiger charge is -2.12. The van der Waals surface area contributed by atoms with Crippen molar-refractivity contribution in [1.82, 2.24) is 9.47 Å². The molecular formula is C24H19BrN2O4S. The molecule has 3 aromatic rings. The third-order valence-corrected chi connectivity index (χ3v) is 6.63. The number of carbonyl (C=O) groups is 3. The monoisotopic (exact) mass is 510 g/mol. The summed E-state index contributed by atoms with van der Waals surface area (Å²) in [6.07, 6.45) is 1.75. The lowest BCUT2D eigenvalue weighted by Crippen LogP contribution is -2.27. The zero-order chi connectivity index (χ0) is 23.0. The summed E-state index contributed by atoms with van der Waals surface area (Å²) in [5, 5.41) is 8.82. The minimum atomic E-state index is -0.975. The minimum absolute atomic E-state index is 0.218. The van der Waals surface area contributed by atoms with Crippen molar-refractivity contribution in [3.8, 4) is 5.69 Å². The van der Waals surface area contributed by atoms with Gasteiger partial charge in [0.25, 0.3) is 11.1 Å². The lowest BCUT2D eigenvalue weighted by molar-refractivity contribution is -0.123. The largest absolute Gasteiger partial charge is 0.478 e. The van der Waals surface area contributed by atoms with Gasteiger partial charge in [-0.25, -0.2) is 4.79 Å². The normalized spacial score (nSPS) is 15.1. The number of hydrogen-bond donors (Lipinski definition) is 1. The maximum atomic E-state index is 12.9. The molecule has 1 aliphatic heterocycles. The molecule has 0 radical (unpaired) electrons. The molecule has 6 nitrogen and oxygen atoms in total. The molecule has 4 rings (SSSR count). The first-order valence-corrected chi connectivity index (χ1v) is 11.4. The van der Waals surface area contributed by atoms with E-state index in [2.05, 4.69) is 15.9 Å². The molecule has 1 saturated heterocycles. The minimum Gasteiger partial charge on any atom is -0.478 e. The van der Waals surface area contributed by atoms with Crippen LogP contribution in [0, 0.1) is 13.8 Å². The summed E-state index contributed by atoms with van der Waals surface area (Å²) in [5.74, 6) is -1.28. The summed E-state index contributed by atoms with van der Waals surface area (Å²) < 4.78 is 2.88. The SMILES string of the molecule is Cc1cc(/C=C2/SC(=O)N(Cc3cccc(Br)c3)C2=O)c(C)n1-c1ccc(C(=O)O)cc1. The molecule has 2 aromatic carbocycles. The van der Waals surface area contributed by atoms with Gasteiger partial charge in [-0.2, -0.15) is 0 Å². The van der Waals surface area contributed by atoms with E-state index >= 15 is 0 Å². The van der Waals surface area contributed by atoms with Crippen molar-refractivity contribution < 1.29 is 19.5 Å². The Morgan fingerprint density at radius 1 is 1.09 bits per heavy atom. The molecule has 162 valence electrons. The fourth-order valence-corrected chi connectivity index (χ4v) is 4.96. The summed E-state index contributed by atoms with van der Waals surface area (Å²) in [6, 6.07) is 16.1. The number of nitrogens with zero attached hydrogens (tertiary/aromatic N) is 2. The Labute approximate surface area is 197 Å². The first-order valence-electron chi connectivity index (χ1n) is 9.77. The van der Waals surface area contributed by atoms with E-state index in [9.17, 15) is 14.4 Å². The number of aryl methyl sites for hydroxylation is 1. The van der Waals surface area contributed by atoms with E-state index in [-0.39, 0.29) is 23.3 Å². The van der Waals surface area contributed by atoms with Gasteiger partial charge >= 0.3 is 5.97 Å². The Kier molecular flexibility index (Phi) is 6.08. The highest BCUT2D eigenvalue weighted by Crippen LogP contribution is 2.35. The third-order valence-electron chi connectivity index (χ3n) is 5.23. The van der Waals surface area contributed by atoms with Gasteiger partial charge in [-0.3, -0.25) is 14.5 Å². The second-order valence-corrected chi connectivity index (χ2v) is 9.32. The zero-order valence-corrected chi connectivity index (χ0v) is 19.7. The Balaban J connectivity index is 1.61. The number of thioether (sulfide) groups is 1. The molecule has 1 N–H and O–H groups in total. The van der Waals surface area contributed by atoms with Gasteiger partial charge in [-0.05, 0) is 85.3 Å². The number of carboxylic acid groups (broad SMARTS) is 1. The van der Waals surface area contributed by atoms with Crippen LogP contribution in [0.2, 0.25) is 0 Å². The Morgan fingerprint density at radius 3 is 2.47 bits per heavy atom. The van der Waals surface area contributed by atoms with Crippen LogP contribution in [0.15, 0.2) is 64.0 Å². The molecule has 0 spiro atoms. The second-order valence-electron chi connectivity index (χ2n) is 7.41. The molecule has 1 fully saturated rings. The number of imide groups is 1. The number of rotatable bonds is 5. The van der Waals surface area contributed by atoms with Crippen LogP contribution in [0.4, 0.5) is 4.79 Å². The summed E-state index contributed by atoms with van der Waals surface area (Å²) in [5.41, 5.74) is 4.57. The number of carbonyl (C=O) groups excluding carboxylic acids is 2. The number of aromatic carboxylic acids is 1. The molecular weight excluding hydrogens is 492 g/mol. The highest BCUT2D eigenvalue weighted by molar-refractivity contribution is 9.10. The smallest absolute Gasteiger partial charge is 0.335 e. The molecule has 0 aliphatic carbocycles. The van der Waals surface area contributed by atoms with Crippen molar-refractivity contribution in [3.05, 3.63) is 92.1 Å². The van der Waals surface area contributed by atoms with Gasteiger partial charge in [0.1, 0.15) is 0 Å². The van der Waals surface area contributed by atoms with Crippen molar-refractivity contribution in [3.63, 3.8) is 0 Å². The average Bonchev–Trinajstić information content (AvgIpc) is 3.17.